The zero-order valence-corrected chi connectivity index (χ0v) is 15.2. The molecule has 0 aliphatic heterocycles. The lowest BCUT2D eigenvalue weighted by Crippen LogP contribution is -2.28. The van der Waals surface area contributed by atoms with E-state index >= 15 is 0 Å². The van der Waals surface area contributed by atoms with E-state index in [1.54, 1.807) is 6.92 Å². The molecule has 0 spiro atoms. The monoisotopic (exact) mass is 364 g/mol. The second-order valence-corrected chi connectivity index (χ2v) is 5.67. The molecule has 2 rings (SSSR count). The zero-order chi connectivity index (χ0) is 19.6. The summed E-state index contributed by atoms with van der Waals surface area (Å²) in [5.41, 5.74) is -0.250. The normalized spacial score (nSPS) is 14.7. The van der Waals surface area contributed by atoms with Gasteiger partial charge in [-0.25, -0.2) is 0 Å². The quantitative estimate of drug-likeness (QED) is 0.604. The molecule has 1 aliphatic carbocycles. The molecule has 1 aromatic rings. The van der Waals surface area contributed by atoms with Gasteiger partial charge in [0.15, 0.2) is 11.5 Å². The third kappa shape index (κ3) is 3.22. The number of aliphatic hydroxyl groups excluding tert-OH is 1. The summed E-state index contributed by atoms with van der Waals surface area (Å²) in [6, 6.07) is 1.41. The van der Waals surface area contributed by atoms with Gasteiger partial charge in [-0.1, -0.05) is 0 Å². The molecule has 0 saturated heterocycles. The number of carbonyl (C=O) groups is 3. The lowest BCUT2D eigenvalue weighted by Gasteiger charge is -2.24. The molecule has 0 fully saturated rings. The maximum Gasteiger partial charge on any atom is 0.302 e. The molecule has 26 heavy (non-hydrogen) atoms. The minimum Gasteiger partial charge on any atom is -0.507 e. The van der Waals surface area contributed by atoms with Gasteiger partial charge in [0, 0.05) is 25.0 Å². The summed E-state index contributed by atoms with van der Waals surface area (Å²) in [5.74, 6) is -2.30. The predicted molar refractivity (Wildman–Crippen MR) is 90.8 cm³/mol. The van der Waals surface area contributed by atoms with Crippen LogP contribution in [0.3, 0.4) is 0 Å². The Kier molecular flexibility index (Phi) is 5.54. The first-order chi connectivity index (χ1) is 12.3. The lowest BCUT2D eigenvalue weighted by atomic mass is 9.85. The van der Waals surface area contributed by atoms with Crippen LogP contribution in [0.4, 0.5) is 0 Å². The van der Waals surface area contributed by atoms with Crippen molar-refractivity contribution in [3.8, 4) is 17.2 Å². The van der Waals surface area contributed by atoms with Crippen LogP contribution in [0, 0.1) is 0 Å². The van der Waals surface area contributed by atoms with Crippen LogP contribution in [-0.4, -0.2) is 50.1 Å². The van der Waals surface area contributed by atoms with Crippen LogP contribution in [0.2, 0.25) is 0 Å². The van der Waals surface area contributed by atoms with Gasteiger partial charge in [0.1, 0.15) is 17.6 Å². The van der Waals surface area contributed by atoms with E-state index < -0.39 is 29.4 Å². The predicted octanol–water partition coefficient (Wildman–Crippen LogP) is 2.09. The first-order valence-electron chi connectivity index (χ1n) is 7.78. The average molecular weight is 364 g/mol. The van der Waals surface area contributed by atoms with Crippen LogP contribution < -0.4 is 14.2 Å². The summed E-state index contributed by atoms with van der Waals surface area (Å²) in [5, 5.41) is 10.7. The number of esters is 1. The summed E-state index contributed by atoms with van der Waals surface area (Å²) in [4.78, 5) is 36.2. The van der Waals surface area contributed by atoms with Crippen LogP contribution in [0.1, 0.15) is 36.2 Å². The number of methoxy groups -OCH3 is 3. The fraction of sp³-hybridized carbons (Fsp3) is 0.389. The highest BCUT2D eigenvalue weighted by atomic mass is 16.5. The van der Waals surface area contributed by atoms with E-state index in [0.717, 1.165) is 0 Å². The van der Waals surface area contributed by atoms with Gasteiger partial charge in [0.05, 0.1) is 32.5 Å². The number of aliphatic hydroxyl groups is 1. The van der Waals surface area contributed by atoms with Gasteiger partial charge >= 0.3 is 5.97 Å². The van der Waals surface area contributed by atoms with Gasteiger partial charge in [-0.15, -0.1) is 0 Å². The Hall–Kier alpha value is -3.03. The summed E-state index contributed by atoms with van der Waals surface area (Å²) in [6.45, 7) is 2.78. The minimum absolute atomic E-state index is 0.0123. The highest BCUT2D eigenvalue weighted by Gasteiger charge is 2.39. The first-order valence-corrected chi connectivity index (χ1v) is 7.78. The van der Waals surface area contributed by atoms with E-state index in [-0.39, 0.29) is 40.4 Å². The Morgan fingerprint density at radius 2 is 1.65 bits per heavy atom. The average Bonchev–Trinajstić information content (AvgIpc) is 2.60. The number of hydrogen-bond donors (Lipinski definition) is 1. The van der Waals surface area contributed by atoms with Gasteiger partial charge in [0.2, 0.25) is 11.6 Å². The summed E-state index contributed by atoms with van der Waals surface area (Å²) < 4.78 is 20.7. The number of ether oxygens (including phenoxy) is 4. The van der Waals surface area contributed by atoms with E-state index in [1.807, 2.05) is 0 Å². The van der Waals surface area contributed by atoms with E-state index in [2.05, 4.69) is 0 Å². The van der Waals surface area contributed by atoms with Crippen LogP contribution >= 0.6 is 0 Å². The molecule has 8 heteroatoms. The number of hydrogen-bond acceptors (Lipinski definition) is 8. The van der Waals surface area contributed by atoms with Crippen molar-refractivity contribution < 1.29 is 38.4 Å². The molecule has 0 heterocycles. The van der Waals surface area contributed by atoms with Gasteiger partial charge in [-0.3, -0.25) is 14.4 Å². The standard InChI is InChI=1S/C18H20O8/c1-8(26-9(2)19)6-10-15(20)14-13(17(22)16(10)21)11(23-3)7-12(24-4)18(14)25-5/h7-8,20H,6H2,1-5H3/t8-/m0/s1. The van der Waals surface area contributed by atoms with Gasteiger partial charge < -0.3 is 24.1 Å². The molecule has 1 aliphatic rings. The number of carbonyl (C=O) groups excluding carboxylic acids is 3. The third-order valence-electron chi connectivity index (χ3n) is 3.94. The number of rotatable bonds is 6. The van der Waals surface area contributed by atoms with Gasteiger partial charge in [-0.2, -0.15) is 0 Å². The Labute approximate surface area is 150 Å². The first kappa shape index (κ1) is 19.3. The summed E-state index contributed by atoms with van der Waals surface area (Å²) >= 11 is 0. The number of benzene rings is 1. The minimum atomic E-state index is -0.889. The lowest BCUT2D eigenvalue weighted by molar-refractivity contribution is -0.145. The van der Waals surface area contributed by atoms with Crippen molar-refractivity contribution >= 4 is 23.3 Å². The van der Waals surface area contributed by atoms with Crippen LogP contribution in [-0.2, 0) is 14.3 Å². The van der Waals surface area contributed by atoms with E-state index in [1.165, 1.54) is 34.3 Å². The topological polar surface area (TPSA) is 108 Å². The maximum atomic E-state index is 12.6. The van der Waals surface area contributed by atoms with Crippen molar-refractivity contribution in [2.75, 3.05) is 21.3 Å². The van der Waals surface area contributed by atoms with Crippen LogP contribution in [0.25, 0.3) is 5.76 Å². The molecule has 0 bridgehead atoms. The van der Waals surface area contributed by atoms with Crippen molar-refractivity contribution in [3.05, 3.63) is 22.8 Å². The highest BCUT2D eigenvalue weighted by Crippen LogP contribution is 2.46. The SMILES string of the molecule is COc1cc(OC)c2c(c1OC)C(O)=C(C[C@H](C)OC(C)=O)C(=O)C2=O. The third-order valence-corrected chi connectivity index (χ3v) is 3.94. The molecule has 1 aromatic carbocycles. The maximum absolute atomic E-state index is 12.6. The molecule has 0 unspecified atom stereocenters. The molecule has 0 saturated carbocycles. The summed E-state index contributed by atoms with van der Waals surface area (Å²) in [6.07, 6.45) is -0.834. The van der Waals surface area contributed by atoms with Crippen LogP contribution in [0.15, 0.2) is 11.6 Å². The summed E-state index contributed by atoms with van der Waals surface area (Å²) in [7, 11) is 4.07. The van der Waals surface area contributed by atoms with E-state index in [0.29, 0.717) is 0 Å². The molecule has 1 atom stereocenters. The second kappa shape index (κ2) is 7.47. The Balaban J connectivity index is 2.71. The Bertz CT molecular complexity index is 806. The molecule has 0 amide bonds. The van der Waals surface area contributed by atoms with Crippen molar-refractivity contribution in [1.82, 2.24) is 0 Å². The molecular weight excluding hydrogens is 344 g/mol. The van der Waals surface area contributed by atoms with Crippen LogP contribution in [0.5, 0.6) is 17.2 Å². The largest absolute Gasteiger partial charge is 0.507 e. The molecule has 1 N–H and O–H groups in total. The van der Waals surface area contributed by atoms with Crippen molar-refractivity contribution in [2.45, 2.75) is 26.4 Å². The Morgan fingerprint density at radius 3 is 2.15 bits per heavy atom. The highest BCUT2D eigenvalue weighted by molar-refractivity contribution is 6.53. The number of Topliss-reactive ketones (excluding diaryl/α,β-unsaturated/α-hetero) is 2. The second-order valence-electron chi connectivity index (χ2n) is 5.67. The fourth-order valence-corrected chi connectivity index (χ4v) is 2.89. The zero-order valence-electron chi connectivity index (χ0n) is 15.2. The molecule has 0 radical (unpaired) electrons. The molecule has 8 nitrogen and oxygen atoms in total. The van der Waals surface area contributed by atoms with Crippen molar-refractivity contribution in [1.29, 1.82) is 0 Å². The fourth-order valence-electron chi connectivity index (χ4n) is 2.89. The number of ketones is 2. The Morgan fingerprint density at radius 1 is 1.04 bits per heavy atom. The molecule has 140 valence electrons. The van der Waals surface area contributed by atoms with E-state index in [9.17, 15) is 19.5 Å². The van der Waals surface area contributed by atoms with E-state index in [4.69, 9.17) is 18.9 Å². The molecular formula is C18H20O8. The van der Waals surface area contributed by atoms with Gasteiger partial charge in [0.25, 0.3) is 0 Å². The molecule has 0 aromatic heterocycles. The van der Waals surface area contributed by atoms with Crippen molar-refractivity contribution in [2.24, 2.45) is 0 Å². The number of fused-ring (bicyclic) bond motifs is 1. The van der Waals surface area contributed by atoms with Gasteiger partial charge in [-0.05, 0) is 6.92 Å². The smallest absolute Gasteiger partial charge is 0.302 e. The van der Waals surface area contributed by atoms with Crippen molar-refractivity contribution in [3.63, 3.8) is 0 Å².